The lowest BCUT2D eigenvalue weighted by atomic mass is 9.78. The van der Waals surface area contributed by atoms with Gasteiger partial charge in [0.1, 0.15) is 0 Å². The van der Waals surface area contributed by atoms with Gasteiger partial charge in [-0.15, -0.1) is 0 Å². The summed E-state index contributed by atoms with van der Waals surface area (Å²) in [5.74, 6) is 1.17. The molecule has 2 aliphatic rings. The van der Waals surface area contributed by atoms with Gasteiger partial charge in [-0.1, -0.05) is 26.0 Å². The zero-order valence-electron chi connectivity index (χ0n) is 6.95. The first kappa shape index (κ1) is 6.89. The van der Waals surface area contributed by atoms with Gasteiger partial charge in [-0.2, -0.15) is 0 Å². The van der Waals surface area contributed by atoms with E-state index in [9.17, 15) is 4.79 Å². The Hall–Kier alpha value is -0.790. The summed E-state index contributed by atoms with van der Waals surface area (Å²) >= 11 is 0. The first-order valence-electron chi connectivity index (χ1n) is 4.19. The van der Waals surface area contributed by atoms with Crippen molar-refractivity contribution in [1.29, 1.82) is 0 Å². The zero-order valence-corrected chi connectivity index (χ0v) is 6.95. The van der Waals surface area contributed by atoms with E-state index in [1.165, 1.54) is 0 Å². The molecule has 1 heterocycles. The molecule has 2 nitrogen and oxygen atoms in total. The molecule has 0 aromatic rings. The average Bonchev–Trinajstić information content (AvgIpc) is 1.83. The van der Waals surface area contributed by atoms with Gasteiger partial charge >= 0.3 is 0 Å². The first-order valence-corrected chi connectivity index (χ1v) is 4.19. The van der Waals surface area contributed by atoms with E-state index >= 15 is 0 Å². The largest absolute Gasteiger partial charge is 0.334 e. The van der Waals surface area contributed by atoms with E-state index in [4.69, 9.17) is 0 Å². The van der Waals surface area contributed by atoms with Crippen LogP contribution in [0, 0.1) is 11.8 Å². The van der Waals surface area contributed by atoms with Gasteiger partial charge in [-0.25, -0.2) is 0 Å². The zero-order chi connectivity index (χ0) is 8.01. The SMILES string of the molecule is CC(C)CN1C(=O)[C@H]2C=C[C@H]21. The summed E-state index contributed by atoms with van der Waals surface area (Å²) in [6.07, 6.45) is 4.12. The molecule has 1 aliphatic heterocycles. The predicted molar refractivity (Wildman–Crippen MR) is 43.0 cm³/mol. The normalized spacial score (nSPS) is 33.4. The summed E-state index contributed by atoms with van der Waals surface area (Å²) in [5.41, 5.74) is 0. The van der Waals surface area contributed by atoms with Crippen LogP contribution in [-0.2, 0) is 4.79 Å². The third kappa shape index (κ3) is 0.817. The smallest absolute Gasteiger partial charge is 0.232 e. The lowest BCUT2D eigenvalue weighted by molar-refractivity contribution is -0.152. The van der Waals surface area contributed by atoms with Crippen molar-refractivity contribution in [3.63, 3.8) is 0 Å². The summed E-state index contributed by atoms with van der Waals surface area (Å²) in [5, 5.41) is 0. The van der Waals surface area contributed by atoms with E-state index in [0.717, 1.165) is 6.54 Å². The van der Waals surface area contributed by atoms with Gasteiger partial charge in [0, 0.05) is 6.54 Å². The summed E-state index contributed by atoms with van der Waals surface area (Å²) < 4.78 is 0. The van der Waals surface area contributed by atoms with E-state index in [1.807, 2.05) is 11.0 Å². The number of likely N-dealkylation sites (tertiary alicyclic amines) is 1. The minimum Gasteiger partial charge on any atom is -0.334 e. The Bertz CT molecular complexity index is 220. The van der Waals surface area contributed by atoms with Crippen molar-refractivity contribution in [2.45, 2.75) is 19.9 Å². The van der Waals surface area contributed by atoms with Gasteiger partial charge in [0.25, 0.3) is 0 Å². The second kappa shape index (κ2) is 2.10. The highest BCUT2D eigenvalue weighted by Gasteiger charge is 2.48. The van der Waals surface area contributed by atoms with E-state index in [0.29, 0.717) is 17.9 Å². The second-order valence-electron chi connectivity index (χ2n) is 3.79. The molecule has 0 spiro atoms. The highest BCUT2D eigenvalue weighted by atomic mass is 16.2. The number of amides is 1. The van der Waals surface area contributed by atoms with Gasteiger partial charge in [-0.3, -0.25) is 4.79 Å². The Morgan fingerprint density at radius 3 is 2.64 bits per heavy atom. The lowest BCUT2D eigenvalue weighted by Gasteiger charge is -2.50. The average molecular weight is 151 g/mol. The quantitative estimate of drug-likeness (QED) is 0.426. The Kier molecular flexibility index (Phi) is 1.31. The molecule has 0 bridgehead atoms. The molecular formula is C9H13NO. The molecule has 0 N–H and O–H groups in total. The van der Waals surface area contributed by atoms with Crippen LogP contribution in [0.4, 0.5) is 0 Å². The standard InChI is InChI=1S/C9H13NO/c1-6(2)5-10-8-4-3-7(8)9(10)11/h3-4,6-8H,5H2,1-2H3/t7-,8+/m0/s1. The predicted octanol–water partition coefficient (Wildman–Crippen LogP) is 1.04. The summed E-state index contributed by atoms with van der Waals surface area (Å²) in [6, 6.07) is 0.463. The molecule has 2 rings (SSSR count). The van der Waals surface area contributed by atoms with Crippen molar-refractivity contribution < 1.29 is 4.79 Å². The minimum absolute atomic E-state index is 0.258. The fourth-order valence-electron chi connectivity index (χ4n) is 1.71. The molecule has 0 aromatic heterocycles. The molecule has 0 saturated carbocycles. The van der Waals surface area contributed by atoms with Crippen LogP contribution in [-0.4, -0.2) is 23.4 Å². The maximum atomic E-state index is 11.2. The molecule has 11 heavy (non-hydrogen) atoms. The van der Waals surface area contributed by atoms with Crippen LogP contribution in [0.2, 0.25) is 0 Å². The van der Waals surface area contributed by atoms with Gasteiger partial charge in [-0.05, 0) is 5.92 Å². The number of carbonyl (C=O) groups excluding carboxylic acids is 1. The van der Waals surface area contributed by atoms with Crippen LogP contribution in [0.1, 0.15) is 13.8 Å². The maximum Gasteiger partial charge on any atom is 0.232 e. The van der Waals surface area contributed by atoms with Crippen LogP contribution in [0.3, 0.4) is 0 Å². The molecule has 2 heteroatoms. The third-order valence-corrected chi connectivity index (χ3v) is 2.37. The molecule has 1 aliphatic carbocycles. The molecule has 2 atom stereocenters. The van der Waals surface area contributed by atoms with E-state index in [2.05, 4.69) is 19.9 Å². The monoisotopic (exact) mass is 151 g/mol. The van der Waals surface area contributed by atoms with Gasteiger partial charge in [0.2, 0.25) is 5.91 Å². The van der Waals surface area contributed by atoms with Crippen molar-refractivity contribution in [1.82, 2.24) is 4.90 Å². The van der Waals surface area contributed by atoms with Crippen LogP contribution < -0.4 is 0 Å². The number of nitrogens with zero attached hydrogens (tertiary/aromatic N) is 1. The number of fused-ring (bicyclic) bond motifs is 1. The lowest BCUT2D eigenvalue weighted by Crippen LogP contribution is -2.63. The van der Waals surface area contributed by atoms with Gasteiger partial charge in [0.05, 0.1) is 12.0 Å². The van der Waals surface area contributed by atoms with Crippen LogP contribution in [0.15, 0.2) is 12.2 Å². The number of hydrogen-bond acceptors (Lipinski definition) is 1. The highest BCUT2D eigenvalue weighted by Crippen LogP contribution is 2.36. The molecule has 0 unspecified atom stereocenters. The van der Waals surface area contributed by atoms with E-state index < -0.39 is 0 Å². The topological polar surface area (TPSA) is 20.3 Å². The van der Waals surface area contributed by atoms with Crippen molar-refractivity contribution >= 4 is 5.91 Å². The van der Waals surface area contributed by atoms with E-state index in [1.54, 1.807) is 0 Å². The number of rotatable bonds is 2. The molecule has 1 amide bonds. The van der Waals surface area contributed by atoms with Gasteiger partial charge in [0.15, 0.2) is 0 Å². The minimum atomic E-state index is 0.258. The summed E-state index contributed by atoms with van der Waals surface area (Å²) in [4.78, 5) is 13.2. The van der Waals surface area contributed by atoms with Crippen LogP contribution >= 0.6 is 0 Å². The van der Waals surface area contributed by atoms with Crippen molar-refractivity contribution in [2.24, 2.45) is 11.8 Å². The maximum absolute atomic E-state index is 11.2. The number of β-lactam (4-membered cyclic amide) rings is 1. The molecule has 1 saturated heterocycles. The van der Waals surface area contributed by atoms with Crippen LogP contribution in [0.25, 0.3) is 0 Å². The number of hydrogen-bond donors (Lipinski definition) is 0. The molecule has 0 radical (unpaired) electrons. The molecule has 60 valence electrons. The Labute approximate surface area is 66.9 Å². The van der Waals surface area contributed by atoms with E-state index in [-0.39, 0.29) is 5.92 Å². The third-order valence-electron chi connectivity index (χ3n) is 2.37. The molecular weight excluding hydrogens is 138 g/mol. The highest BCUT2D eigenvalue weighted by molar-refractivity contribution is 5.90. The summed E-state index contributed by atoms with van der Waals surface area (Å²) in [7, 11) is 0. The Morgan fingerprint density at radius 1 is 1.55 bits per heavy atom. The first-order chi connectivity index (χ1) is 5.20. The number of carbonyl (C=O) groups is 1. The molecule has 0 aromatic carbocycles. The fourth-order valence-corrected chi connectivity index (χ4v) is 1.71. The van der Waals surface area contributed by atoms with Crippen molar-refractivity contribution in [3.8, 4) is 0 Å². The fraction of sp³-hybridized carbons (Fsp3) is 0.667. The van der Waals surface area contributed by atoms with Crippen molar-refractivity contribution in [3.05, 3.63) is 12.2 Å². The Balaban J connectivity index is 1.97. The Morgan fingerprint density at radius 2 is 2.27 bits per heavy atom. The van der Waals surface area contributed by atoms with Crippen molar-refractivity contribution in [2.75, 3.05) is 6.54 Å². The second-order valence-corrected chi connectivity index (χ2v) is 3.79. The van der Waals surface area contributed by atoms with Crippen LogP contribution in [0.5, 0.6) is 0 Å². The van der Waals surface area contributed by atoms with Gasteiger partial charge < -0.3 is 4.90 Å². The summed E-state index contributed by atoms with van der Waals surface area (Å²) in [6.45, 7) is 5.20. The molecule has 1 fully saturated rings.